The summed E-state index contributed by atoms with van der Waals surface area (Å²) in [4.78, 5) is 0. The van der Waals surface area contributed by atoms with Crippen LogP contribution in [0.25, 0.3) is 114 Å². The molecule has 0 bridgehead atoms. The Balaban J connectivity index is 0.995. The van der Waals surface area contributed by atoms with Gasteiger partial charge in [-0.1, -0.05) is 109 Å². The Hall–Kier alpha value is -7.40. The molecule has 0 saturated carbocycles. The number of hydrogen-bond acceptors (Lipinski definition) is 1. The Labute approximate surface area is 337 Å². The number of aromatic nitrogens is 3. The quantitative estimate of drug-likeness (QED) is 0.170. The number of nitrogens with zero attached hydrogens (tertiary/aromatic N) is 3. The fraction of sp³-hybridized carbons (Fsp3) is 0. The van der Waals surface area contributed by atoms with Gasteiger partial charge in [-0.3, -0.25) is 0 Å². The molecule has 0 amide bonds. The van der Waals surface area contributed by atoms with Gasteiger partial charge in [0.1, 0.15) is 0 Å². The molecule has 0 N–H and O–H groups in total. The minimum atomic E-state index is 1.15. The maximum Gasteiger partial charge on any atom is 0.0562 e. The molecule has 0 atom stereocenters. The average Bonchev–Trinajstić information content (AvgIpc) is 4.02. The minimum absolute atomic E-state index is 1.15. The normalized spacial score (nSPS) is 12.1. The maximum atomic E-state index is 2.46. The van der Waals surface area contributed by atoms with Crippen molar-refractivity contribution >= 4 is 96.9 Å². The second-order valence-electron chi connectivity index (χ2n) is 15.3. The third kappa shape index (κ3) is 4.49. The van der Waals surface area contributed by atoms with Crippen molar-refractivity contribution in [3.63, 3.8) is 0 Å². The minimum Gasteiger partial charge on any atom is -0.309 e. The summed E-state index contributed by atoms with van der Waals surface area (Å²) in [5.74, 6) is 0. The molecule has 13 rings (SSSR count). The third-order valence-electron chi connectivity index (χ3n) is 12.2. The summed E-state index contributed by atoms with van der Waals surface area (Å²) in [7, 11) is 0. The lowest BCUT2D eigenvalue weighted by Gasteiger charge is -2.12. The average molecular weight is 756 g/mol. The highest BCUT2D eigenvalue weighted by atomic mass is 32.1. The van der Waals surface area contributed by atoms with E-state index in [-0.39, 0.29) is 0 Å². The van der Waals surface area contributed by atoms with Crippen LogP contribution in [0, 0.1) is 0 Å². The van der Waals surface area contributed by atoms with Crippen LogP contribution in [0.5, 0.6) is 0 Å². The predicted octanol–water partition coefficient (Wildman–Crippen LogP) is 15.0. The zero-order chi connectivity index (χ0) is 37.9. The molecule has 0 radical (unpaired) electrons. The number of rotatable bonds is 4. The van der Waals surface area contributed by atoms with E-state index in [4.69, 9.17) is 0 Å². The van der Waals surface area contributed by atoms with Crippen LogP contribution in [-0.2, 0) is 0 Å². The Kier molecular flexibility index (Phi) is 6.60. The second kappa shape index (κ2) is 12.1. The molecule has 0 fully saturated rings. The van der Waals surface area contributed by atoms with Gasteiger partial charge < -0.3 is 13.7 Å². The summed E-state index contributed by atoms with van der Waals surface area (Å²) in [5.41, 5.74) is 13.2. The largest absolute Gasteiger partial charge is 0.309 e. The van der Waals surface area contributed by atoms with Crippen molar-refractivity contribution in [3.8, 4) is 28.2 Å². The van der Waals surface area contributed by atoms with Crippen molar-refractivity contribution in [1.29, 1.82) is 0 Å². The molecule has 0 aliphatic rings. The zero-order valence-electron chi connectivity index (χ0n) is 31.3. The van der Waals surface area contributed by atoms with Gasteiger partial charge in [0.2, 0.25) is 0 Å². The highest BCUT2D eigenvalue weighted by Gasteiger charge is 2.19. The highest BCUT2D eigenvalue weighted by Crippen LogP contribution is 2.42. The number of benzene rings is 9. The molecule has 3 nitrogen and oxygen atoms in total. The second-order valence-corrected chi connectivity index (χ2v) is 16.4. The SMILES string of the molecule is c1ccc(-n2c3ccccc3c3cc4c5ccccc5n(-c5cccc(-c6ccc7sc8ccc(-n9c%10ccccc%10c%10ccccc%109)cc8c7c6)c5)c4cc32)cc1. The van der Waals surface area contributed by atoms with Crippen LogP contribution in [0.2, 0.25) is 0 Å². The van der Waals surface area contributed by atoms with Crippen molar-refractivity contribution in [1.82, 2.24) is 13.7 Å². The summed E-state index contributed by atoms with van der Waals surface area (Å²) in [6.45, 7) is 0. The third-order valence-corrected chi connectivity index (χ3v) is 13.4. The molecule has 4 heteroatoms. The predicted molar refractivity (Wildman–Crippen MR) is 248 cm³/mol. The van der Waals surface area contributed by atoms with E-state index in [0.29, 0.717) is 0 Å². The molecule has 13 aromatic rings. The fourth-order valence-corrected chi connectivity index (χ4v) is 10.7. The standard InChI is InChI=1S/C54H33N3S/c1-2-14-36(15-3-1)55-49-23-10-6-19-41(49)43-32-44-42-20-7-11-24-50(42)57(52(44)33-51(43)55)37-16-12-13-34(29-37)35-25-27-53-45(30-35)46-31-38(26-28-54(46)58-53)56-47-21-8-4-17-39(47)40-18-5-9-22-48(40)56/h1-33H. The first kappa shape index (κ1) is 31.8. The van der Waals surface area contributed by atoms with Crippen LogP contribution in [0.4, 0.5) is 0 Å². The van der Waals surface area contributed by atoms with Crippen molar-refractivity contribution in [2.45, 2.75) is 0 Å². The molecule has 0 saturated heterocycles. The number of hydrogen-bond donors (Lipinski definition) is 0. The molecular weight excluding hydrogens is 723 g/mol. The lowest BCUT2D eigenvalue weighted by molar-refractivity contribution is 1.16. The van der Waals surface area contributed by atoms with Gasteiger partial charge in [0, 0.05) is 69.6 Å². The Bertz CT molecular complexity index is 3750. The van der Waals surface area contributed by atoms with Gasteiger partial charge in [0.25, 0.3) is 0 Å². The molecule has 0 spiro atoms. The molecule has 270 valence electrons. The Morgan fingerprint density at radius 3 is 1.31 bits per heavy atom. The highest BCUT2D eigenvalue weighted by molar-refractivity contribution is 7.25. The monoisotopic (exact) mass is 755 g/mol. The van der Waals surface area contributed by atoms with Crippen molar-refractivity contribution in [2.24, 2.45) is 0 Å². The Morgan fingerprint density at radius 2 is 0.690 bits per heavy atom. The van der Waals surface area contributed by atoms with Gasteiger partial charge in [0.15, 0.2) is 0 Å². The van der Waals surface area contributed by atoms with Gasteiger partial charge in [-0.05, 0) is 102 Å². The Morgan fingerprint density at radius 1 is 0.241 bits per heavy atom. The van der Waals surface area contributed by atoms with Crippen molar-refractivity contribution in [2.75, 3.05) is 0 Å². The first-order valence-corrected chi connectivity index (χ1v) is 20.7. The van der Waals surface area contributed by atoms with E-state index in [1.54, 1.807) is 0 Å². The summed E-state index contributed by atoms with van der Waals surface area (Å²) in [5, 5.41) is 10.2. The van der Waals surface area contributed by atoms with Gasteiger partial charge >= 0.3 is 0 Å². The molecule has 4 heterocycles. The van der Waals surface area contributed by atoms with Crippen LogP contribution in [0.15, 0.2) is 200 Å². The van der Waals surface area contributed by atoms with E-state index >= 15 is 0 Å². The lowest BCUT2D eigenvalue weighted by atomic mass is 10.0. The van der Waals surface area contributed by atoms with E-state index in [0.717, 1.165) is 11.4 Å². The van der Waals surface area contributed by atoms with E-state index in [2.05, 4.69) is 214 Å². The zero-order valence-corrected chi connectivity index (χ0v) is 32.1. The van der Waals surface area contributed by atoms with Crippen molar-refractivity contribution < 1.29 is 0 Å². The molecule has 9 aromatic carbocycles. The molecule has 58 heavy (non-hydrogen) atoms. The van der Waals surface area contributed by atoms with Crippen LogP contribution >= 0.6 is 11.3 Å². The summed E-state index contributed by atoms with van der Waals surface area (Å²) >= 11 is 1.87. The van der Waals surface area contributed by atoms with E-state index in [1.165, 1.54) is 102 Å². The molecule has 0 aliphatic carbocycles. The number of para-hydroxylation sites is 5. The molecule has 4 aromatic heterocycles. The maximum absolute atomic E-state index is 2.46. The number of fused-ring (bicyclic) bond motifs is 12. The molecular formula is C54H33N3S. The van der Waals surface area contributed by atoms with Crippen LogP contribution in [-0.4, -0.2) is 13.7 Å². The van der Waals surface area contributed by atoms with E-state index in [1.807, 2.05) is 11.3 Å². The smallest absolute Gasteiger partial charge is 0.0562 e. The summed E-state index contributed by atoms with van der Waals surface area (Å²) in [6.07, 6.45) is 0. The van der Waals surface area contributed by atoms with Crippen LogP contribution in [0.3, 0.4) is 0 Å². The van der Waals surface area contributed by atoms with Gasteiger partial charge in [-0.25, -0.2) is 0 Å². The summed E-state index contributed by atoms with van der Waals surface area (Å²) in [6, 6.07) is 73.7. The van der Waals surface area contributed by atoms with E-state index in [9.17, 15) is 0 Å². The molecule has 0 unspecified atom stereocenters. The van der Waals surface area contributed by atoms with Crippen LogP contribution in [0.1, 0.15) is 0 Å². The topological polar surface area (TPSA) is 14.8 Å². The van der Waals surface area contributed by atoms with Gasteiger partial charge in [-0.2, -0.15) is 0 Å². The first-order chi connectivity index (χ1) is 28.8. The molecule has 0 aliphatic heterocycles. The van der Waals surface area contributed by atoms with Crippen LogP contribution < -0.4 is 0 Å². The first-order valence-electron chi connectivity index (χ1n) is 19.8. The number of thiophene rings is 1. The fourth-order valence-electron chi connectivity index (χ4n) is 9.67. The van der Waals surface area contributed by atoms with Gasteiger partial charge in [0.05, 0.1) is 33.1 Å². The van der Waals surface area contributed by atoms with Crippen molar-refractivity contribution in [3.05, 3.63) is 200 Å². The summed E-state index contributed by atoms with van der Waals surface area (Å²) < 4.78 is 9.89. The van der Waals surface area contributed by atoms with Gasteiger partial charge in [-0.15, -0.1) is 11.3 Å². The lowest BCUT2D eigenvalue weighted by Crippen LogP contribution is -1.96. The van der Waals surface area contributed by atoms with E-state index < -0.39 is 0 Å².